The van der Waals surface area contributed by atoms with E-state index < -0.39 is 0 Å². The van der Waals surface area contributed by atoms with Gasteiger partial charge in [-0.05, 0) is 66.2 Å². The number of benzene rings is 3. The van der Waals surface area contributed by atoms with Gasteiger partial charge in [-0.1, -0.05) is 30.3 Å². The molecule has 0 bridgehead atoms. The number of hydrogen-bond donors (Lipinski definition) is 2. The zero-order chi connectivity index (χ0) is 21.5. The average Bonchev–Trinajstić information content (AvgIpc) is 2.80. The van der Waals surface area contributed by atoms with E-state index in [2.05, 4.69) is 15.6 Å². The number of halogens is 1. The summed E-state index contributed by atoms with van der Waals surface area (Å²) in [5.74, 6) is 1.23. The molecule has 31 heavy (non-hydrogen) atoms. The first-order valence-electron chi connectivity index (χ1n) is 9.75. The molecule has 0 saturated carbocycles. The first kappa shape index (κ1) is 20.1. The van der Waals surface area contributed by atoms with Crippen molar-refractivity contribution in [3.8, 4) is 11.5 Å². The van der Waals surface area contributed by atoms with E-state index in [9.17, 15) is 9.18 Å². The molecule has 0 saturated heterocycles. The molecule has 0 fully saturated rings. The van der Waals surface area contributed by atoms with Crippen LogP contribution in [0.2, 0.25) is 0 Å². The lowest BCUT2D eigenvalue weighted by Crippen LogP contribution is -2.15. The largest absolute Gasteiger partial charge is 0.457 e. The van der Waals surface area contributed by atoms with Crippen molar-refractivity contribution in [3.63, 3.8) is 0 Å². The number of para-hydroxylation sites is 1. The maximum Gasteiger partial charge on any atom is 0.259 e. The number of anilines is 2. The van der Waals surface area contributed by atoms with Crippen molar-refractivity contribution in [1.82, 2.24) is 4.98 Å². The Labute approximate surface area is 179 Å². The Bertz CT molecular complexity index is 1160. The molecule has 1 aromatic heterocycles. The summed E-state index contributed by atoms with van der Waals surface area (Å²) in [5.41, 5.74) is 1.78. The number of carbonyl (C=O) groups is 1. The third kappa shape index (κ3) is 5.45. The number of pyridine rings is 1. The van der Waals surface area contributed by atoms with Crippen LogP contribution >= 0.6 is 0 Å². The van der Waals surface area contributed by atoms with Crippen LogP contribution in [0.4, 0.5) is 15.9 Å². The number of nitrogens with one attached hydrogen (secondary N) is 2. The van der Waals surface area contributed by atoms with Gasteiger partial charge in [-0.15, -0.1) is 0 Å². The molecule has 4 rings (SSSR count). The molecular formula is C25H20FN3O2. The molecule has 0 spiro atoms. The Morgan fingerprint density at radius 1 is 0.871 bits per heavy atom. The molecule has 0 unspecified atom stereocenters. The van der Waals surface area contributed by atoms with Crippen molar-refractivity contribution in [2.75, 3.05) is 10.6 Å². The van der Waals surface area contributed by atoms with E-state index in [1.807, 2.05) is 30.3 Å². The smallest absolute Gasteiger partial charge is 0.259 e. The summed E-state index contributed by atoms with van der Waals surface area (Å²) in [6.45, 7) is 0.348. The molecule has 6 heteroatoms. The van der Waals surface area contributed by atoms with Gasteiger partial charge in [-0.25, -0.2) is 9.37 Å². The van der Waals surface area contributed by atoms with E-state index >= 15 is 0 Å². The van der Waals surface area contributed by atoms with Crippen molar-refractivity contribution in [2.24, 2.45) is 0 Å². The van der Waals surface area contributed by atoms with Gasteiger partial charge in [0.2, 0.25) is 0 Å². The van der Waals surface area contributed by atoms with Crippen LogP contribution in [0, 0.1) is 5.82 Å². The van der Waals surface area contributed by atoms with Gasteiger partial charge >= 0.3 is 0 Å². The van der Waals surface area contributed by atoms with E-state index in [1.165, 1.54) is 12.1 Å². The Kier molecular flexibility index (Phi) is 6.18. The zero-order valence-corrected chi connectivity index (χ0v) is 16.6. The summed E-state index contributed by atoms with van der Waals surface area (Å²) < 4.78 is 19.1. The number of amides is 1. The Balaban J connectivity index is 1.41. The standard InChI is InChI=1S/C25H20FN3O2/c26-19-7-4-6-18(16-19)17-28-24-23(10-5-15-27-24)25(30)29-20-11-13-22(14-12-20)31-21-8-2-1-3-9-21/h1-16H,17H2,(H,27,28)(H,29,30). The minimum Gasteiger partial charge on any atom is -0.457 e. The summed E-state index contributed by atoms with van der Waals surface area (Å²) in [6.07, 6.45) is 1.60. The highest BCUT2D eigenvalue weighted by Crippen LogP contribution is 2.23. The van der Waals surface area contributed by atoms with E-state index in [1.54, 1.807) is 54.7 Å². The summed E-state index contributed by atoms with van der Waals surface area (Å²) in [7, 11) is 0. The van der Waals surface area contributed by atoms with Gasteiger partial charge in [-0.2, -0.15) is 0 Å². The highest BCUT2D eigenvalue weighted by atomic mass is 19.1. The Morgan fingerprint density at radius 3 is 2.42 bits per heavy atom. The van der Waals surface area contributed by atoms with Crippen LogP contribution in [-0.2, 0) is 6.54 Å². The van der Waals surface area contributed by atoms with Crippen molar-refractivity contribution in [1.29, 1.82) is 0 Å². The van der Waals surface area contributed by atoms with Crippen LogP contribution in [-0.4, -0.2) is 10.9 Å². The highest BCUT2D eigenvalue weighted by molar-refractivity contribution is 6.07. The third-order valence-corrected chi connectivity index (χ3v) is 4.49. The van der Waals surface area contributed by atoms with Crippen LogP contribution < -0.4 is 15.4 Å². The lowest BCUT2D eigenvalue weighted by atomic mass is 10.2. The van der Waals surface area contributed by atoms with Gasteiger partial charge in [0.25, 0.3) is 5.91 Å². The van der Waals surface area contributed by atoms with E-state index in [0.29, 0.717) is 29.4 Å². The third-order valence-electron chi connectivity index (χ3n) is 4.49. The van der Waals surface area contributed by atoms with Gasteiger partial charge in [0, 0.05) is 18.4 Å². The zero-order valence-electron chi connectivity index (χ0n) is 16.6. The molecule has 3 aromatic carbocycles. The predicted octanol–water partition coefficient (Wildman–Crippen LogP) is 5.88. The maximum absolute atomic E-state index is 13.4. The van der Waals surface area contributed by atoms with Gasteiger partial charge < -0.3 is 15.4 Å². The summed E-state index contributed by atoms with van der Waals surface area (Å²) in [6, 6.07) is 26.2. The van der Waals surface area contributed by atoms with Crippen molar-refractivity contribution >= 4 is 17.4 Å². The molecule has 0 aliphatic heterocycles. The predicted molar refractivity (Wildman–Crippen MR) is 119 cm³/mol. The molecule has 0 aliphatic carbocycles. The minimum absolute atomic E-state index is 0.299. The van der Waals surface area contributed by atoms with Gasteiger partial charge in [0.15, 0.2) is 0 Å². The highest BCUT2D eigenvalue weighted by Gasteiger charge is 2.13. The fraction of sp³-hybridized carbons (Fsp3) is 0.0400. The van der Waals surface area contributed by atoms with Crippen LogP contribution in [0.5, 0.6) is 11.5 Å². The average molecular weight is 413 g/mol. The van der Waals surface area contributed by atoms with Crippen LogP contribution in [0.1, 0.15) is 15.9 Å². The topological polar surface area (TPSA) is 63.2 Å². The minimum atomic E-state index is -0.307. The SMILES string of the molecule is O=C(Nc1ccc(Oc2ccccc2)cc1)c1cccnc1NCc1cccc(F)c1. The second-order valence-corrected chi connectivity index (χ2v) is 6.78. The molecule has 2 N–H and O–H groups in total. The molecule has 1 amide bonds. The van der Waals surface area contributed by atoms with Gasteiger partial charge in [0.05, 0.1) is 5.56 Å². The molecule has 0 aliphatic rings. The molecular weight excluding hydrogens is 393 g/mol. The Hall–Kier alpha value is -4.19. The Morgan fingerprint density at radius 2 is 1.65 bits per heavy atom. The molecule has 4 aromatic rings. The first-order valence-corrected chi connectivity index (χ1v) is 9.75. The lowest BCUT2D eigenvalue weighted by Gasteiger charge is -2.12. The monoisotopic (exact) mass is 413 g/mol. The molecule has 0 radical (unpaired) electrons. The van der Waals surface area contributed by atoms with Crippen molar-refractivity contribution in [3.05, 3.63) is 114 Å². The maximum atomic E-state index is 13.4. The fourth-order valence-electron chi connectivity index (χ4n) is 2.99. The second kappa shape index (κ2) is 9.54. The van der Waals surface area contributed by atoms with Gasteiger partial charge in [-0.3, -0.25) is 4.79 Å². The summed E-state index contributed by atoms with van der Waals surface area (Å²) >= 11 is 0. The fourth-order valence-corrected chi connectivity index (χ4v) is 2.99. The van der Waals surface area contributed by atoms with E-state index in [0.717, 1.165) is 11.3 Å². The van der Waals surface area contributed by atoms with Crippen LogP contribution in [0.3, 0.4) is 0 Å². The van der Waals surface area contributed by atoms with Crippen molar-refractivity contribution in [2.45, 2.75) is 6.54 Å². The number of hydrogen-bond acceptors (Lipinski definition) is 4. The van der Waals surface area contributed by atoms with Crippen LogP contribution in [0.25, 0.3) is 0 Å². The number of rotatable bonds is 7. The molecule has 1 heterocycles. The van der Waals surface area contributed by atoms with E-state index in [-0.39, 0.29) is 11.7 Å². The lowest BCUT2D eigenvalue weighted by molar-refractivity contribution is 0.102. The summed E-state index contributed by atoms with van der Waals surface area (Å²) in [4.78, 5) is 17.0. The number of ether oxygens (including phenoxy) is 1. The molecule has 154 valence electrons. The normalized spacial score (nSPS) is 10.4. The van der Waals surface area contributed by atoms with Crippen LogP contribution in [0.15, 0.2) is 97.2 Å². The van der Waals surface area contributed by atoms with E-state index in [4.69, 9.17) is 4.74 Å². The first-order chi connectivity index (χ1) is 15.2. The number of nitrogens with zero attached hydrogens (tertiary/aromatic N) is 1. The number of carbonyl (C=O) groups excluding carboxylic acids is 1. The second-order valence-electron chi connectivity index (χ2n) is 6.78. The van der Waals surface area contributed by atoms with Gasteiger partial charge in [0.1, 0.15) is 23.1 Å². The quantitative estimate of drug-likeness (QED) is 0.397. The summed E-state index contributed by atoms with van der Waals surface area (Å²) in [5, 5.41) is 5.96. The molecule has 5 nitrogen and oxygen atoms in total. The number of aromatic nitrogens is 1. The van der Waals surface area contributed by atoms with Crippen molar-refractivity contribution < 1.29 is 13.9 Å². The molecule has 0 atom stereocenters.